The van der Waals surface area contributed by atoms with E-state index in [0.717, 1.165) is 16.5 Å². The van der Waals surface area contributed by atoms with Crippen molar-refractivity contribution in [3.05, 3.63) is 65.2 Å². The first kappa shape index (κ1) is 19.4. The number of fused-ring (bicyclic) bond motifs is 1. The van der Waals surface area contributed by atoms with Gasteiger partial charge in [-0.05, 0) is 48.9 Å². The van der Waals surface area contributed by atoms with Crippen LogP contribution >= 0.6 is 11.8 Å². The van der Waals surface area contributed by atoms with Crippen LogP contribution in [0.25, 0.3) is 10.9 Å². The van der Waals surface area contributed by atoms with Crippen LogP contribution in [-0.4, -0.2) is 29.7 Å². The summed E-state index contributed by atoms with van der Waals surface area (Å²) in [6, 6.07) is 16.2. The van der Waals surface area contributed by atoms with Crippen molar-refractivity contribution in [1.29, 1.82) is 5.26 Å². The lowest BCUT2D eigenvalue weighted by molar-refractivity contribution is -0.113. The average molecular weight is 391 g/mol. The van der Waals surface area contributed by atoms with E-state index in [0.29, 0.717) is 21.8 Å². The third-order valence-electron chi connectivity index (χ3n) is 3.99. The van der Waals surface area contributed by atoms with E-state index in [-0.39, 0.29) is 11.7 Å². The third kappa shape index (κ3) is 4.48. The Labute approximate surface area is 166 Å². The van der Waals surface area contributed by atoms with E-state index >= 15 is 0 Å². The van der Waals surface area contributed by atoms with Crippen LogP contribution in [-0.2, 0) is 9.53 Å². The molecule has 2 aromatic carbocycles. The highest BCUT2D eigenvalue weighted by Gasteiger charge is 2.11. The zero-order chi connectivity index (χ0) is 20.1. The van der Waals surface area contributed by atoms with Gasteiger partial charge in [-0.25, -0.2) is 9.78 Å². The van der Waals surface area contributed by atoms with Crippen LogP contribution in [0.15, 0.2) is 53.6 Å². The van der Waals surface area contributed by atoms with Gasteiger partial charge in [0.1, 0.15) is 11.1 Å². The van der Waals surface area contributed by atoms with Gasteiger partial charge in [0.05, 0.1) is 29.5 Å². The fourth-order valence-corrected chi connectivity index (χ4v) is 3.35. The number of nitrogens with one attached hydrogen (secondary N) is 1. The van der Waals surface area contributed by atoms with Crippen LogP contribution in [0.2, 0.25) is 0 Å². The summed E-state index contributed by atoms with van der Waals surface area (Å²) in [5, 5.41) is 13.6. The lowest BCUT2D eigenvalue weighted by Gasteiger charge is -2.08. The molecule has 0 aliphatic rings. The fraction of sp³-hybridized carbons (Fsp3) is 0.143. The summed E-state index contributed by atoms with van der Waals surface area (Å²) in [6.45, 7) is 1.98. The Morgan fingerprint density at radius 1 is 1.18 bits per heavy atom. The maximum Gasteiger partial charge on any atom is 0.337 e. The van der Waals surface area contributed by atoms with Crippen molar-refractivity contribution in [3.63, 3.8) is 0 Å². The van der Waals surface area contributed by atoms with Crippen LogP contribution in [0.3, 0.4) is 0 Å². The SMILES string of the molecule is COC(=O)c1ccc(NC(=O)CSc2nc3cc(C)ccc3cc2C#N)cc1. The van der Waals surface area contributed by atoms with Crippen molar-refractivity contribution in [2.75, 3.05) is 18.2 Å². The number of hydrogen-bond donors (Lipinski definition) is 1. The van der Waals surface area contributed by atoms with Gasteiger partial charge in [0, 0.05) is 11.1 Å². The Morgan fingerprint density at radius 3 is 2.61 bits per heavy atom. The molecule has 0 saturated carbocycles. The van der Waals surface area contributed by atoms with Crippen LogP contribution in [0, 0.1) is 18.3 Å². The highest BCUT2D eigenvalue weighted by molar-refractivity contribution is 8.00. The highest BCUT2D eigenvalue weighted by atomic mass is 32.2. The summed E-state index contributed by atoms with van der Waals surface area (Å²) in [5.41, 5.74) is 3.29. The second-order valence-corrected chi connectivity index (χ2v) is 7.02. The Bertz CT molecular complexity index is 1090. The molecule has 140 valence electrons. The number of nitrogens with zero attached hydrogens (tertiary/aromatic N) is 2. The number of esters is 1. The van der Waals surface area contributed by atoms with Gasteiger partial charge in [0.25, 0.3) is 0 Å². The van der Waals surface area contributed by atoms with E-state index in [9.17, 15) is 14.9 Å². The van der Waals surface area contributed by atoms with Crippen LogP contribution in [0.4, 0.5) is 5.69 Å². The summed E-state index contributed by atoms with van der Waals surface area (Å²) in [7, 11) is 1.31. The van der Waals surface area contributed by atoms with Gasteiger partial charge in [-0.3, -0.25) is 4.79 Å². The van der Waals surface area contributed by atoms with Crippen molar-refractivity contribution in [3.8, 4) is 6.07 Å². The number of thioether (sulfide) groups is 1. The summed E-state index contributed by atoms with van der Waals surface area (Å²) >= 11 is 1.21. The van der Waals surface area contributed by atoms with Crippen molar-refractivity contribution >= 4 is 40.2 Å². The smallest absolute Gasteiger partial charge is 0.337 e. The minimum atomic E-state index is -0.435. The van der Waals surface area contributed by atoms with Gasteiger partial charge >= 0.3 is 5.97 Å². The Balaban J connectivity index is 1.68. The predicted octanol–water partition coefficient (Wildman–Crippen LogP) is 3.93. The average Bonchev–Trinajstić information content (AvgIpc) is 2.71. The minimum Gasteiger partial charge on any atom is -0.465 e. The maximum absolute atomic E-state index is 12.2. The number of rotatable bonds is 5. The molecular weight excluding hydrogens is 374 g/mol. The standard InChI is InChI=1S/C21H17N3O3S/c1-13-3-4-15-10-16(11-22)20(24-18(15)9-13)28-12-19(25)23-17-7-5-14(6-8-17)21(26)27-2/h3-10H,12H2,1-2H3,(H,23,25). The van der Waals surface area contributed by atoms with Gasteiger partial charge in [0.15, 0.2) is 0 Å². The third-order valence-corrected chi connectivity index (χ3v) is 4.98. The number of anilines is 1. The molecule has 1 N–H and O–H groups in total. The fourth-order valence-electron chi connectivity index (χ4n) is 2.59. The molecule has 0 aliphatic heterocycles. The van der Waals surface area contributed by atoms with Gasteiger partial charge < -0.3 is 10.1 Å². The van der Waals surface area contributed by atoms with Crippen LogP contribution < -0.4 is 5.32 Å². The number of ether oxygens (including phenoxy) is 1. The monoisotopic (exact) mass is 391 g/mol. The molecule has 3 rings (SSSR count). The van der Waals surface area contributed by atoms with Crippen LogP contribution in [0.5, 0.6) is 0 Å². The number of nitriles is 1. The van der Waals surface area contributed by atoms with E-state index in [1.807, 2.05) is 25.1 Å². The summed E-state index contributed by atoms with van der Waals surface area (Å²) in [6.07, 6.45) is 0. The molecule has 1 aromatic heterocycles. The molecule has 0 saturated heterocycles. The molecule has 28 heavy (non-hydrogen) atoms. The molecule has 0 aliphatic carbocycles. The second kappa shape index (κ2) is 8.55. The molecule has 1 heterocycles. The van der Waals surface area contributed by atoms with Crippen molar-refractivity contribution in [2.24, 2.45) is 0 Å². The number of methoxy groups -OCH3 is 1. The van der Waals surface area contributed by atoms with Crippen molar-refractivity contribution in [1.82, 2.24) is 4.98 Å². The van der Waals surface area contributed by atoms with Crippen molar-refractivity contribution in [2.45, 2.75) is 11.9 Å². The lowest BCUT2D eigenvalue weighted by atomic mass is 10.1. The molecule has 0 bridgehead atoms. The van der Waals surface area contributed by atoms with Gasteiger partial charge in [-0.1, -0.05) is 23.9 Å². The largest absolute Gasteiger partial charge is 0.465 e. The summed E-state index contributed by atoms with van der Waals surface area (Å²) < 4.78 is 4.64. The topological polar surface area (TPSA) is 92.1 Å². The molecule has 6 nitrogen and oxygen atoms in total. The van der Waals surface area contributed by atoms with E-state index in [2.05, 4.69) is 21.1 Å². The normalized spacial score (nSPS) is 10.3. The van der Waals surface area contributed by atoms with Gasteiger partial charge in [-0.2, -0.15) is 5.26 Å². The highest BCUT2D eigenvalue weighted by Crippen LogP contribution is 2.25. The Morgan fingerprint density at radius 2 is 1.93 bits per heavy atom. The van der Waals surface area contributed by atoms with Gasteiger partial charge in [0.2, 0.25) is 5.91 Å². The number of pyridine rings is 1. The second-order valence-electron chi connectivity index (χ2n) is 6.05. The molecule has 0 spiro atoms. The van der Waals surface area contributed by atoms with E-state index < -0.39 is 5.97 Å². The minimum absolute atomic E-state index is 0.109. The number of carbonyl (C=O) groups excluding carboxylic acids is 2. The zero-order valence-electron chi connectivity index (χ0n) is 15.4. The van der Waals surface area contributed by atoms with E-state index in [1.54, 1.807) is 30.3 Å². The molecule has 3 aromatic rings. The number of benzene rings is 2. The quantitative estimate of drug-likeness (QED) is 0.523. The number of hydrogen-bond acceptors (Lipinski definition) is 6. The zero-order valence-corrected chi connectivity index (χ0v) is 16.2. The van der Waals surface area contributed by atoms with E-state index in [1.165, 1.54) is 18.9 Å². The first-order chi connectivity index (χ1) is 13.5. The van der Waals surface area contributed by atoms with Crippen molar-refractivity contribution < 1.29 is 14.3 Å². The molecule has 7 heteroatoms. The Kier molecular flexibility index (Phi) is 5.92. The summed E-state index contributed by atoms with van der Waals surface area (Å²) in [5.74, 6) is -0.557. The Hall–Kier alpha value is -3.37. The number of carbonyl (C=O) groups is 2. The van der Waals surface area contributed by atoms with E-state index in [4.69, 9.17) is 0 Å². The number of amides is 1. The molecular formula is C21H17N3O3S. The van der Waals surface area contributed by atoms with Gasteiger partial charge in [-0.15, -0.1) is 0 Å². The predicted molar refractivity (Wildman–Crippen MR) is 108 cm³/mol. The first-order valence-corrected chi connectivity index (χ1v) is 9.41. The number of aryl methyl sites for hydroxylation is 1. The maximum atomic E-state index is 12.2. The first-order valence-electron chi connectivity index (χ1n) is 8.42. The number of aromatic nitrogens is 1. The van der Waals surface area contributed by atoms with Crippen LogP contribution in [0.1, 0.15) is 21.5 Å². The lowest BCUT2D eigenvalue weighted by Crippen LogP contribution is -2.14. The molecule has 1 amide bonds. The summed E-state index contributed by atoms with van der Waals surface area (Å²) in [4.78, 5) is 28.2. The molecule has 0 fully saturated rings. The molecule has 0 unspecified atom stereocenters. The molecule has 0 radical (unpaired) electrons. The molecule has 0 atom stereocenters.